The van der Waals surface area contributed by atoms with Crippen molar-refractivity contribution in [3.8, 4) is 11.5 Å². The SMILES string of the molecule is COc1ccc(NCc2c(F)cccc2Cl)c(OC)c1. The van der Waals surface area contributed by atoms with Gasteiger partial charge in [-0.25, -0.2) is 4.39 Å². The zero-order chi connectivity index (χ0) is 14.5. The standard InChI is InChI=1S/C15H15ClFNO2/c1-19-10-6-7-14(15(8-10)20-2)18-9-11-12(16)4-3-5-13(11)17/h3-8,18H,9H2,1-2H3. The predicted molar refractivity (Wildman–Crippen MR) is 78.3 cm³/mol. The van der Waals surface area contributed by atoms with Gasteiger partial charge in [0.25, 0.3) is 0 Å². The van der Waals surface area contributed by atoms with Gasteiger partial charge in [0.05, 0.1) is 19.9 Å². The topological polar surface area (TPSA) is 30.5 Å². The minimum Gasteiger partial charge on any atom is -0.497 e. The summed E-state index contributed by atoms with van der Waals surface area (Å²) in [5, 5.41) is 3.50. The minimum absolute atomic E-state index is 0.272. The number of halogens is 2. The fourth-order valence-electron chi connectivity index (χ4n) is 1.83. The largest absolute Gasteiger partial charge is 0.497 e. The molecule has 0 radical (unpaired) electrons. The summed E-state index contributed by atoms with van der Waals surface area (Å²) in [7, 11) is 3.15. The van der Waals surface area contributed by atoms with E-state index in [0.29, 0.717) is 22.1 Å². The molecule has 0 bridgehead atoms. The van der Waals surface area contributed by atoms with Crippen LogP contribution in [0.25, 0.3) is 0 Å². The number of rotatable bonds is 5. The third-order valence-corrected chi connectivity index (χ3v) is 3.28. The van der Waals surface area contributed by atoms with E-state index >= 15 is 0 Å². The summed E-state index contributed by atoms with van der Waals surface area (Å²) < 4.78 is 24.1. The van der Waals surface area contributed by atoms with Crippen LogP contribution in [0.15, 0.2) is 36.4 Å². The van der Waals surface area contributed by atoms with E-state index in [-0.39, 0.29) is 12.4 Å². The smallest absolute Gasteiger partial charge is 0.145 e. The number of anilines is 1. The van der Waals surface area contributed by atoms with E-state index in [1.807, 2.05) is 6.07 Å². The first-order chi connectivity index (χ1) is 9.65. The lowest BCUT2D eigenvalue weighted by Crippen LogP contribution is -2.04. The van der Waals surface area contributed by atoms with Crippen molar-refractivity contribution in [1.29, 1.82) is 0 Å². The van der Waals surface area contributed by atoms with Crippen molar-refractivity contribution in [3.05, 3.63) is 52.8 Å². The average molecular weight is 296 g/mol. The molecule has 1 N–H and O–H groups in total. The zero-order valence-electron chi connectivity index (χ0n) is 11.2. The van der Waals surface area contributed by atoms with E-state index in [0.717, 1.165) is 5.69 Å². The highest BCUT2D eigenvalue weighted by Crippen LogP contribution is 2.30. The van der Waals surface area contributed by atoms with Crippen LogP contribution in [0.5, 0.6) is 11.5 Å². The monoisotopic (exact) mass is 295 g/mol. The fourth-order valence-corrected chi connectivity index (χ4v) is 2.06. The molecule has 0 unspecified atom stereocenters. The van der Waals surface area contributed by atoms with Gasteiger partial charge in [0.2, 0.25) is 0 Å². The van der Waals surface area contributed by atoms with Gasteiger partial charge in [-0.05, 0) is 24.3 Å². The van der Waals surface area contributed by atoms with Crippen LogP contribution >= 0.6 is 11.6 Å². The maximum absolute atomic E-state index is 13.7. The molecule has 2 aromatic rings. The van der Waals surface area contributed by atoms with Crippen molar-refractivity contribution in [2.45, 2.75) is 6.54 Å². The van der Waals surface area contributed by atoms with Crippen molar-refractivity contribution in [1.82, 2.24) is 0 Å². The van der Waals surface area contributed by atoms with Gasteiger partial charge in [-0.3, -0.25) is 0 Å². The van der Waals surface area contributed by atoms with Crippen molar-refractivity contribution >= 4 is 17.3 Å². The van der Waals surface area contributed by atoms with E-state index in [1.165, 1.54) is 6.07 Å². The molecule has 5 heteroatoms. The molecule has 0 atom stereocenters. The Hall–Kier alpha value is -1.94. The lowest BCUT2D eigenvalue weighted by Gasteiger charge is -2.13. The summed E-state index contributed by atoms with van der Waals surface area (Å²) in [5.74, 6) is 0.977. The lowest BCUT2D eigenvalue weighted by molar-refractivity contribution is 0.395. The number of nitrogens with one attached hydrogen (secondary N) is 1. The predicted octanol–water partition coefficient (Wildman–Crippen LogP) is 4.11. The number of ether oxygens (including phenoxy) is 2. The normalized spacial score (nSPS) is 10.2. The van der Waals surface area contributed by atoms with Crippen LogP contribution in [0.1, 0.15) is 5.56 Å². The second kappa shape index (κ2) is 6.48. The van der Waals surface area contributed by atoms with E-state index in [4.69, 9.17) is 21.1 Å². The molecule has 0 spiro atoms. The van der Waals surface area contributed by atoms with Crippen molar-refractivity contribution in [2.24, 2.45) is 0 Å². The molecule has 0 aromatic heterocycles. The van der Waals surface area contributed by atoms with Gasteiger partial charge in [-0.1, -0.05) is 17.7 Å². The number of hydrogen-bond acceptors (Lipinski definition) is 3. The maximum Gasteiger partial charge on any atom is 0.145 e. The molecule has 3 nitrogen and oxygen atoms in total. The van der Waals surface area contributed by atoms with Crippen LogP contribution < -0.4 is 14.8 Å². The van der Waals surface area contributed by atoms with Crippen LogP contribution in [0.4, 0.5) is 10.1 Å². The van der Waals surface area contributed by atoms with Gasteiger partial charge in [0, 0.05) is 23.2 Å². The average Bonchev–Trinajstić information content (AvgIpc) is 2.46. The summed E-state index contributed by atoms with van der Waals surface area (Å²) in [6, 6.07) is 9.99. The van der Waals surface area contributed by atoms with Crippen LogP contribution in [0.2, 0.25) is 5.02 Å². The fraction of sp³-hybridized carbons (Fsp3) is 0.200. The van der Waals surface area contributed by atoms with Crippen LogP contribution in [0.3, 0.4) is 0 Å². The first-order valence-corrected chi connectivity index (χ1v) is 6.42. The van der Waals surface area contributed by atoms with Crippen molar-refractivity contribution < 1.29 is 13.9 Å². The summed E-state index contributed by atoms with van der Waals surface area (Å²) in [6.45, 7) is 0.272. The second-order valence-corrected chi connectivity index (χ2v) is 4.53. The van der Waals surface area contributed by atoms with E-state index < -0.39 is 0 Å². The quantitative estimate of drug-likeness (QED) is 0.900. The molecule has 0 saturated heterocycles. The van der Waals surface area contributed by atoms with E-state index in [2.05, 4.69) is 5.32 Å². The Bertz CT molecular complexity index is 584. The molecule has 20 heavy (non-hydrogen) atoms. The second-order valence-electron chi connectivity index (χ2n) is 4.12. The Labute approximate surface area is 122 Å². The minimum atomic E-state index is -0.336. The third kappa shape index (κ3) is 3.14. The first kappa shape index (κ1) is 14.5. The Morgan fingerprint density at radius 2 is 1.95 bits per heavy atom. The molecule has 0 aliphatic heterocycles. The summed E-state index contributed by atoms with van der Waals surface area (Å²) in [6.07, 6.45) is 0. The number of hydrogen-bond donors (Lipinski definition) is 1. The molecule has 106 valence electrons. The van der Waals surface area contributed by atoms with Gasteiger partial charge in [-0.15, -0.1) is 0 Å². The summed E-state index contributed by atoms with van der Waals surface area (Å²) in [4.78, 5) is 0. The molecule has 0 amide bonds. The molecule has 0 heterocycles. The maximum atomic E-state index is 13.7. The van der Waals surface area contributed by atoms with Crippen molar-refractivity contribution in [2.75, 3.05) is 19.5 Å². The molecule has 2 aromatic carbocycles. The van der Waals surface area contributed by atoms with E-state index in [9.17, 15) is 4.39 Å². The molecular formula is C15H15ClFNO2. The van der Waals surface area contributed by atoms with Crippen LogP contribution in [-0.2, 0) is 6.54 Å². The van der Waals surface area contributed by atoms with Gasteiger partial charge in [0.15, 0.2) is 0 Å². The summed E-state index contributed by atoms with van der Waals surface area (Å²) >= 11 is 5.99. The highest BCUT2D eigenvalue weighted by atomic mass is 35.5. The van der Waals surface area contributed by atoms with Crippen LogP contribution in [-0.4, -0.2) is 14.2 Å². The highest BCUT2D eigenvalue weighted by Gasteiger charge is 2.09. The van der Waals surface area contributed by atoms with E-state index in [1.54, 1.807) is 38.5 Å². The third-order valence-electron chi connectivity index (χ3n) is 2.93. The molecule has 2 rings (SSSR count). The molecule has 0 aliphatic rings. The summed E-state index contributed by atoms with van der Waals surface area (Å²) in [5.41, 5.74) is 1.17. The van der Waals surface area contributed by atoms with Gasteiger partial charge < -0.3 is 14.8 Å². The first-order valence-electron chi connectivity index (χ1n) is 6.04. The Morgan fingerprint density at radius 3 is 2.60 bits per heavy atom. The molecule has 0 aliphatic carbocycles. The Balaban J connectivity index is 2.19. The van der Waals surface area contributed by atoms with Gasteiger partial charge in [0.1, 0.15) is 17.3 Å². The van der Waals surface area contributed by atoms with Crippen LogP contribution in [0, 0.1) is 5.82 Å². The Kier molecular flexibility index (Phi) is 4.69. The van der Waals surface area contributed by atoms with Gasteiger partial charge >= 0.3 is 0 Å². The number of methoxy groups -OCH3 is 2. The highest BCUT2D eigenvalue weighted by molar-refractivity contribution is 6.31. The number of benzene rings is 2. The molecule has 0 fully saturated rings. The molecular weight excluding hydrogens is 281 g/mol. The van der Waals surface area contributed by atoms with Gasteiger partial charge in [-0.2, -0.15) is 0 Å². The Morgan fingerprint density at radius 1 is 1.15 bits per heavy atom. The lowest BCUT2D eigenvalue weighted by atomic mass is 10.2. The van der Waals surface area contributed by atoms with Crippen molar-refractivity contribution in [3.63, 3.8) is 0 Å². The molecule has 0 saturated carbocycles. The zero-order valence-corrected chi connectivity index (χ0v) is 12.0.